The van der Waals surface area contributed by atoms with Crippen LogP contribution in [0.5, 0.6) is 0 Å². The Balaban J connectivity index is 1.75. The molecule has 6 N–H and O–H groups in total. The number of nitrogens with one attached hydrogen (secondary N) is 2. The molecule has 1 aliphatic rings. The monoisotopic (exact) mass is 273 g/mol. The van der Waals surface area contributed by atoms with Crippen LogP contribution in [0.4, 0.5) is 11.5 Å². The fourth-order valence-corrected chi connectivity index (χ4v) is 2.82. The maximum absolute atomic E-state index is 12.3. The van der Waals surface area contributed by atoms with E-state index in [1.54, 1.807) is 0 Å². The van der Waals surface area contributed by atoms with Crippen molar-refractivity contribution >= 4 is 28.3 Å². The Morgan fingerprint density at radius 3 is 3.05 bits per heavy atom. The number of aromatic amines is 1. The number of benzene rings is 1. The maximum atomic E-state index is 12.3. The molecule has 6 heteroatoms. The Morgan fingerprint density at radius 1 is 1.40 bits per heavy atom. The van der Waals surface area contributed by atoms with Crippen molar-refractivity contribution in [1.82, 2.24) is 10.2 Å². The zero-order chi connectivity index (χ0) is 14.1. The molecule has 20 heavy (non-hydrogen) atoms. The molecule has 0 saturated heterocycles. The number of amides is 1. The van der Waals surface area contributed by atoms with Gasteiger partial charge in [-0.3, -0.25) is 9.89 Å². The van der Waals surface area contributed by atoms with Crippen LogP contribution >= 0.6 is 0 Å². The van der Waals surface area contributed by atoms with Crippen LogP contribution in [0.2, 0.25) is 0 Å². The van der Waals surface area contributed by atoms with Crippen LogP contribution in [0.15, 0.2) is 18.2 Å². The van der Waals surface area contributed by atoms with E-state index < -0.39 is 0 Å². The predicted octanol–water partition coefficient (Wildman–Crippen LogP) is 1.60. The number of hydrogen-bond acceptors (Lipinski definition) is 4. The molecule has 0 spiro atoms. The third kappa shape index (κ3) is 2.46. The van der Waals surface area contributed by atoms with Gasteiger partial charge in [-0.25, -0.2) is 0 Å². The summed E-state index contributed by atoms with van der Waals surface area (Å²) in [5, 5.41) is 10.5. The topological polar surface area (TPSA) is 110 Å². The normalized spacial score (nSPS) is 22.9. The molecule has 0 radical (unpaired) electrons. The molecular weight excluding hydrogens is 254 g/mol. The van der Waals surface area contributed by atoms with Gasteiger partial charge in [-0.05, 0) is 37.5 Å². The number of carbonyl (C=O) groups is 1. The average Bonchev–Trinajstić information content (AvgIpc) is 2.80. The molecular formula is C14H19N5O. The quantitative estimate of drug-likeness (QED) is 0.666. The molecule has 1 aliphatic carbocycles. The molecule has 2 atom stereocenters. The minimum Gasteiger partial charge on any atom is -0.382 e. The number of nitrogens with zero attached hydrogens (tertiary/aromatic N) is 1. The summed E-state index contributed by atoms with van der Waals surface area (Å²) in [6.45, 7) is 0. The van der Waals surface area contributed by atoms with Crippen LogP contribution in [0.3, 0.4) is 0 Å². The molecule has 1 aromatic heterocycles. The highest BCUT2D eigenvalue weighted by Crippen LogP contribution is 2.26. The number of H-pyrrole nitrogens is 1. The Morgan fingerprint density at radius 2 is 2.25 bits per heavy atom. The Labute approximate surface area is 116 Å². The van der Waals surface area contributed by atoms with Gasteiger partial charge in [0.15, 0.2) is 5.82 Å². The van der Waals surface area contributed by atoms with Crippen LogP contribution in [-0.2, 0) is 4.79 Å². The lowest BCUT2D eigenvalue weighted by Crippen LogP contribution is -2.34. The van der Waals surface area contributed by atoms with Gasteiger partial charge in [0.05, 0.1) is 5.52 Å². The maximum Gasteiger partial charge on any atom is 0.227 e. The van der Waals surface area contributed by atoms with E-state index in [1.807, 2.05) is 18.2 Å². The standard InChI is InChI=1S/C14H19N5O/c15-9-3-1-2-8(6-9)14(20)17-10-4-5-12-11(7-10)13(16)19-18-12/h4-5,7-9H,1-3,6,15H2,(H,17,20)(H3,16,18,19). The van der Waals surface area contributed by atoms with Crippen LogP contribution < -0.4 is 16.8 Å². The molecule has 1 saturated carbocycles. The van der Waals surface area contributed by atoms with Gasteiger partial charge in [-0.1, -0.05) is 6.42 Å². The molecule has 3 rings (SSSR count). The lowest BCUT2D eigenvalue weighted by Gasteiger charge is -2.25. The van der Waals surface area contributed by atoms with Gasteiger partial charge in [-0.15, -0.1) is 0 Å². The van der Waals surface area contributed by atoms with Gasteiger partial charge in [0.25, 0.3) is 0 Å². The van der Waals surface area contributed by atoms with Gasteiger partial charge in [-0.2, -0.15) is 5.10 Å². The Kier molecular flexibility index (Phi) is 3.31. The summed E-state index contributed by atoms with van der Waals surface area (Å²) in [6.07, 6.45) is 3.71. The smallest absolute Gasteiger partial charge is 0.227 e. The van der Waals surface area contributed by atoms with Gasteiger partial charge < -0.3 is 16.8 Å². The van der Waals surface area contributed by atoms with Crippen molar-refractivity contribution in [3.63, 3.8) is 0 Å². The summed E-state index contributed by atoms with van der Waals surface area (Å²) in [5.74, 6) is 0.494. The van der Waals surface area contributed by atoms with Gasteiger partial charge >= 0.3 is 0 Å². The molecule has 1 fully saturated rings. The highest BCUT2D eigenvalue weighted by atomic mass is 16.1. The van der Waals surface area contributed by atoms with Gasteiger partial charge in [0.2, 0.25) is 5.91 Å². The average molecular weight is 273 g/mol. The molecule has 1 amide bonds. The van der Waals surface area contributed by atoms with E-state index in [-0.39, 0.29) is 17.9 Å². The zero-order valence-corrected chi connectivity index (χ0v) is 11.2. The number of nitrogens with two attached hydrogens (primary N) is 2. The van der Waals surface area contributed by atoms with Crippen molar-refractivity contribution in [3.05, 3.63) is 18.2 Å². The number of aromatic nitrogens is 2. The zero-order valence-electron chi connectivity index (χ0n) is 11.2. The third-order valence-corrected chi connectivity index (χ3v) is 3.95. The van der Waals surface area contributed by atoms with E-state index in [1.165, 1.54) is 0 Å². The first-order chi connectivity index (χ1) is 9.63. The highest BCUT2D eigenvalue weighted by molar-refractivity contribution is 5.97. The summed E-state index contributed by atoms with van der Waals surface area (Å²) < 4.78 is 0. The summed E-state index contributed by atoms with van der Waals surface area (Å²) in [4.78, 5) is 12.3. The first kappa shape index (κ1) is 12.9. The minimum absolute atomic E-state index is 0.0103. The van der Waals surface area contributed by atoms with Crippen LogP contribution in [-0.4, -0.2) is 22.1 Å². The lowest BCUT2D eigenvalue weighted by atomic mass is 9.85. The number of rotatable bonds is 2. The van der Waals surface area contributed by atoms with E-state index in [9.17, 15) is 4.79 Å². The fraction of sp³-hybridized carbons (Fsp3) is 0.429. The number of carbonyl (C=O) groups excluding carboxylic acids is 1. The number of nitrogen functional groups attached to an aromatic ring is 1. The van der Waals surface area contributed by atoms with Crippen molar-refractivity contribution < 1.29 is 4.79 Å². The van der Waals surface area contributed by atoms with Crippen molar-refractivity contribution in [2.24, 2.45) is 11.7 Å². The summed E-state index contributed by atoms with van der Waals surface area (Å²) in [6, 6.07) is 5.70. The first-order valence-corrected chi connectivity index (χ1v) is 6.93. The second-order valence-electron chi connectivity index (χ2n) is 5.48. The van der Waals surface area contributed by atoms with Crippen molar-refractivity contribution in [2.75, 3.05) is 11.1 Å². The number of fused-ring (bicyclic) bond motifs is 1. The SMILES string of the molecule is Nc1n[nH]c2ccc(NC(=O)C3CCCC(N)C3)cc12. The van der Waals surface area contributed by atoms with Gasteiger partial charge in [0.1, 0.15) is 0 Å². The van der Waals surface area contributed by atoms with E-state index in [2.05, 4.69) is 15.5 Å². The second-order valence-corrected chi connectivity index (χ2v) is 5.48. The van der Waals surface area contributed by atoms with Crippen molar-refractivity contribution in [2.45, 2.75) is 31.7 Å². The largest absolute Gasteiger partial charge is 0.382 e. The van der Waals surface area contributed by atoms with Crippen LogP contribution in [0.1, 0.15) is 25.7 Å². The van der Waals surface area contributed by atoms with E-state index >= 15 is 0 Å². The minimum atomic E-state index is 0.0103. The highest BCUT2D eigenvalue weighted by Gasteiger charge is 2.25. The van der Waals surface area contributed by atoms with Crippen molar-refractivity contribution in [3.8, 4) is 0 Å². The number of hydrogen-bond donors (Lipinski definition) is 4. The Hall–Kier alpha value is -2.08. The summed E-state index contributed by atoms with van der Waals surface area (Å²) in [7, 11) is 0. The third-order valence-electron chi connectivity index (χ3n) is 3.95. The van der Waals surface area contributed by atoms with Gasteiger partial charge in [0, 0.05) is 23.0 Å². The molecule has 106 valence electrons. The van der Waals surface area contributed by atoms with Crippen molar-refractivity contribution in [1.29, 1.82) is 0 Å². The molecule has 2 unspecified atom stereocenters. The predicted molar refractivity (Wildman–Crippen MR) is 79.1 cm³/mol. The molecule has 6 nitrogen and oxygen atoms in total. The second kappa shape index (κ2) is 5.13. The van der Waals surface area contributed by atoms with E-state index in [0.29, 0.717) is 5.82 Å². The first-order valence-electron chi connectivity index (χ1n) is 6.93. The number of anilines is 2. The molecule has 2 aromatic rings. The van der Waals surface area contributed by atoms with E-state index in [0.717, 1.165) is 42.3 Å². The summed E-state index contributed by atoms with van der Waals surface area (Å²) >= 11 is 0. The van der Waals surface area contributed by atoms with E-state index in [4.69, 9.17) is 11.5 Å². The Bertz CT molecular complexity index is 636. The molecule has 1 heterocycles. The molecule has 0 bridgehead atoms. The molecule has 1 aromatic carbocycles. The van der Waals surface area contributed by atoms with Crippen LogP contribution in [0.25, 0.3) is 10.9 Å². The van der Waals surface area contributed by atoms with Crippen LogP contribution in [0, 0.1) is 5.92 Å². The molecule has 0 aliphatic heterocycles. The lowest BCUT2D eigenvalue weighted by molar-refractivity contribution is -0.120. The fourth-order valence-electron chi connectivity index (χ4n) is 2.82. The summed E-state index contributed by atoms with van der Waals surface area (Å²) in [5.41, 5.74) is 13.3.